The van der Waals surface area contributed by atoms with E-state index in [-0.39, 0.29) is 12.0 Å². The molecule has 3 heteroatoms. The van der Waals surface area contributed by atoms with Gasteiger partial charge in [-0.15, -0.1) is 0 Å². The molecule has 0 bridgehead atoms. The Bertz CT molecular complexity index is 596. The largest absolute Gasteiger partial charge is 0.390 e. The van der Waals surface area contributed by atoms with Crippen LogP contribution in [-0.2, 0) is 0 Å². The SMILES string of the molecule is [C-]#[N+]C(C)(CO)[C@H]1CC[C@H]2[C@@H]3CC[C@@H]4C[C@](C)(O)CC[C@@H]4[C@H]3CC[C@]12C. The van der Waals surface area contributed by atoms with Crippen LogP contribution >= 0.6 is 0 Å². The van der Waals surface area contributed by atoms with Crippen LogP contribution in [0.1, 0.15) is 78.6 Å². The molecule has 9 atom stereocenters. The van der Waals surface area contributed by atoms with Crippen LogP contribution < -0.4 is 0 Å². The lowest BCUT2D eigenvalue weighted by Gasteiger charge is -2.57. The first-order valence-corrected chi connectivity index (χ1v) is 11.0. The second kappa shape index (κ2) is 6.21. The van der Waals surface area contributed by atoms with Crippen molar-refractivity contribution in [1.82, 2.24) is 0 Å². The van der Waals surface area contributed by atoms with Gasteiger partial charge in [0.05, 0.1) is 5.60 Å². The second-order valence-electron chi connectivity index (χ2n) is 11.0. The summed E-state index contributed by atoms with van der Waals surface area (Å²) in [6, 6.07) is 0. The van der Waals surface area contributed by atoms with Crippen molar-refractivity contribution in [2.45, 2.75) is 89.7 Å². The molecule has 0 spiro atoms. The quantitative estimate of drug-likeness (QED) is 0.703. The van der Waals surface area contributed by atoms with Gasteiger partial charge >= 0.3 is 0 Å². The summed E-state index contributed by atoms with van der Waals surface area (Å²) >= 11 is 0. The third kappa shape index (κ3) is 2.67. The minimum atomic E-state index is -0.600. The Balaban J connectivity index is 1.56. The van der Waals surface area contributed by atoms with Gasteiger partial charge in [0.2, 0.25) is 0 Å². The molecular formula is C23H37NO2. The lowest BCUT2D eigenvalue weighted by Crippen LogP contribution is -2.52. The minimum Gasteiger partial charge on any atom is -0.390 e. The first-order chi connectivity index (χ1) is 12.2. The van der Waals surface area contributed by atoms with Crippen molar-refractivity contribution < 1.29 is 10.2 Å². The maximum Gasteiger partial charge on any atom is 0.255 e. The van der Waals surface area contributed by atoms with E-state index in [1.54, 1.807) is 0 Å². The van der Waals surface area contributed by atoms with Gasteiger partial charge in [-0.25, -0.2) is 6.57 Å². The average molecular weight is 360 g/mol. The fourth-order valence-corrected chi connectivity index (χ4v) is 8.33. The summed E-state index contributed by atoms with van der Waals surface area (Å²) < 4.78 is 0. The van der Waals surface area contributed by atoms with E-state index in [0.29, 0.717) is 5.92 Å². The third-order valence-electron chi connectivity index (χ3n) is 9.56. The molecule has 4 aliphatic rings. The van der Waals surface area contributed by atoms with Crippen molar-refractivity contribution in [3.63, 3.8) is 0 Å². The Morgan fingerprint density at radius 3 is 2.42 bits per heavy atom. The van der Waals surface area contributed by atoms with Gasteiger partial charge < -0.3 is 15.1 Å². The standard InChI is InChI=1S/C23H37NO2/c1-21(26)11-9-16-15(13-21)5-6-18-17(16)10-12-22(2)19(18)7-8-20(22)23(3,14-25)24-4/h15-20,25-26H,5-14H2,1-3H3/t15-,16+,17-,18-,19+,20+,21-,22+,23?/m1/s1. The molecule has 0 aromatic carbocycles. The predicted octanol–water partition coefficient (Wildman–Crippen LogP) is 4.68. The van der Waals surface area contributed by atoms with Crippen molar-refractivity contribution >= 4 is 0 Å². The molecule has 0 heterocycles. The van der Waals surface area contributed by atoms with Gasteiger partial charge in [-0.3, -0.25) is 0 Å². The van der Waals surface area contributed by atoms with Gasteiger partial charge in [0.25, 0.3) is 5.54 Å². The Morgan fingerprint density at radius 2 is 1.73 bits per heavy atom. The summed E-state index contributed by atoms with van der Waals surface area (Å²) in [5.41, 5.74) is -0.804. The first-order valence-electron chi connectivity index (χ1n) is 11.0. The number of aliphatic hydroxyl groups is 2. The Hall–Kier alpha value is -0.590. The minimum absolute atomic E-state index is 0.00263. The van der Waals surface area contributed by atoms with Gasteiger partial charge in [0.1, 0.15) is 6.61 Å². The molecule has 0 aromatic rings. The highest BCUT2D eigenvalue weighted by atomic mass is 16.3. The lowest BCUT2D eigenvalue weighted by atomic mass is 9.48. The van der Waals surface area contributed by atoms with E-state index in [0.717, 1.165) is 48.9 Å². The molecule has 4 rings (SSSR count). The van der Waals surface area contributed by atoms with E-state index in [1.807, 2.05) is 13.8 Å². The zero-order valence-electron chi connectivity index (χ0n) is 16.9. The normalized spacial score (nSPS) is 52.9. The van der Waals surface area contributed by atoms with Crippen LogP contribution in [0.5, 0.6) is 0 Å². The summed E-state index contributed by atoms with van der Waals surface area (Å²) in [7, 11) is 0. The Labute approximate surface area is 159 Å². The third-order valence-corrected chi connectivity index (χ3v) is 9.56. The summed E-state index contributed by atoms with van der Waals surface area (Å²) in [6.45, 7) is 14.2. The van der Waals surface area contributed by atoms with Crippen LogP contribution in [0.4, 0.5) is 0 Å². The molecule has 26 heavy (non-hydrogen) atoms. The van der Waals surface area contributed by atoms with Gasteiger partial charge in [-0.2, -0.15) is 0 Å². The van der Waals surface area contributed by atoms with E-state index in [2.05, 4.69) is 11.8 Å². The number of hydrogen-bond donors (Lipinski definition) is 2. The molecule has 1 unspecified atom stereocenters. The Kier molecular flexibility index (Phi) is 4.48. The molecule has 4 saturated carbocycles. The molecular weight excluding hydrogens is 322 g/mol. The molecule has 2 N–H and O–H groups in total. The number of fused-ring (bicyclic) bond motifs is 5. The molecule has 3 nitrogen and oxygen atoms in total. The molecule has 0 radical (unpaired) electrons. The zero-order chi connectivity index (χ0) is 18.7. The second-order valence-corrected chi connectivity index (χ2v) is 11.0. The highest BCUT2D eigenvalue weighted by molar-refractivity contribution is 5.14. The summed E-state index contributed by atoms with van der Waals surface area (Å²) in [5, 5.41) is 20.5. The smallest absolute Gasteiger partial charge is 0.255 e. The monoisotopic (exact) mass is 359 g/mol. The van der Waals surface area contributed by atoms with Crippen molar-refractivity contribution in [1.29, 1.82) is 0 Å². The first kappa shape index (κ1) is 18.8. The van der Waals surface area contributed by atoms with Crippen LogP contribution in [0.3, 0.4) is 0 Å². The summed E-state index contributed by atoms with van der Waals surface area (Å²) in [6.07, 6.45) is 10.7. The van der Waals surface area contributed by atoms with Gasteiger partial charge in [0.15, 0.2) is 0 Å². The van der Waals surface area contributed by atoms with Crippen LogP contribution in [0.15, 0.2) is 0 Å². The van der Waals surface area contributed by atoms with Crippen LogP contribution in [0, 0.1) is 47.5 Å². The van der Waals surface area contributed by atoms with E-state index in [4.69, 9.17) is 6.57 Å². The van der Waals surface area contributed by atoms with E-state index < -0.39 is 11.1 Å². The number of aliphatic hydroxyl groups excluding tert-OH is 1. The maximum absolute atomic E-state index is 10.5. The van der Waals surface area contributed by atoms with Crippen LogP contribution in [0.25, 0.3) is 4.85 Å². The van der Waals surface area contributed by atoms with E-state index in [9.17, 15) is 10.2 Å². The molecule has 0 amide bonds. The van der Waals surface area contributed by atoms with Gasteiger partial charge in [-0.05, 0) is 99.7 Å². The van der Waals surface area contributed by atoms with Crippen LogP contribution in [0.2, 0.25) is 0 Å². The molecule has 4 fully saturated rings. The zero-order valence-corrected chi connectivity index (χ0v) is 16.9. The number of nitrogens with zero attached hydrogens (tertiary/aromatic N) is 1. The highest BCUT2D eigenvalue weighted by Gasteiger charge is 2.62. The molecule has 0 saturated heterocycles. The van der Waals surface area contributed by atoms with Gasteiger partial charge in [-0.1, -0.05) is 6.92 Å². The fraction of sp³-hybridized carbons (Fsp3) is 0.957. The van der Waals surface area contributed by atoms with E-state index in [1.165, 1.54) is 38.5 Å². The van der Waals surface area contributed by atoms with Crippen molar-refractivity contribution in [2.75, 3.05) is 6.61 Å². The maximum atomic E-state index is 10.5. The average Bonchev–Trinajstić information content (AvgIpc) is 2.97. The molecule has 0 aliphatic heterocycles. The molecule has 0 aromatic heterocycles. The van der Waals surface area contributed by atoms with Crippen LogP contribution in [-0.4, -0.2) is 28.0 Å². The highest BCUT2D eigenvalue weighted by Crippen LogP contribution is 2.66. The van der Waals surface area contributed by atoms with Gasteiger partial charge in [0, 0.05) is 12.8 Å². The molecule has 146 valence electrons. The van der Waals surface area contributed by atoms with Crippen molar-refractivity contribution in [3.05, 3.63) is 11.4 Å². The molecule has 4 aliphatic carbocycles. The van der Waals surface area contributed by atoms with E-state index >= 15 is 0 Å². The topological polar surface area (TPSA) is 44.8 Å². The van der Waals surface area contributed by atoms with Crippen molar-refractivity contribution in [3.8, 4) is 0 Å². The Morgan fingerprint density at radius 1 is 1.00 bits per heavy atom. The number of hydrogen-bond acceptors (Lipinski definition) is 2. The summed E-state index contributed by atoms with van der Waals surface area (Å²) in [4.78, 5) is 3.91. The predicted molar refractivity (Wildman–Crippen MR) is 103 cm³/mol. The summed E-state index contributed by atoms with van der Waals surface area (Å²) in [5.74, 6) is 4.29. The lowest BCUT2D eigenvalue weighted by molar-refractivity contribution is -0.103. The van der Waals surface area contributed by atoms with Crippen molar-refractivity contribution in [2.24, 2.45) is 40.9 Å². The fourth-order valence-electron chi connectivity index (χ4n) is 8.33. The number of rotatable bonds is 2.